The fourth-order valence-electron chi connectivity index (χ4n) is 2.87. The fourth-order valence-corrected chi connectivity index (χ4v) is 2.87. The van der Waals surface area contributed by atoms with Crippen molar-refractivity contribution in [2.24, 2.45) is 11.8 Å². The number of para-hydroxylation sites is 1. The van der Waals surface area contributed by atoms with Crippen molar-refractivity contribution >= 4 is 5.91 Å². The topological polar surface area (TPSA) is 29.5 Å². The Bertz CT molecular complexity index is 481. The monoisotopic (exact) mass is 259 g/mol. The minimum absolute atomic E-state index is 0.0268. The predicted octanol–water partition coefficient (Wildman–Crippen LogP) is 2.49. The third kappa shape index (κ3) is 2.46. The van der Waals surface area contributed by atoms with Crippen LogP contribution in [-0.4, -0.2) is 30.5 Å². The lowest BCUT2D eigenvalue weighted by Gasteiger charge is -2.31. The fraction of sp³-hybridized carbons (Fsp3) is 0.562. The summed E-state index contributed by atoms with van der Waals surface area (Å²) in [5.74, 6) is 1.85. The van der Waals surface area contributed by atoms with Crippen LogP contribution >= 0.6 is 0 Å². The zero-order chi connectivity index (χ0) is 13.4. The highest BCUT2D eigenvalue weighted by atomic mass is 16.5. The van der Waals surface area contributed by atoms with Crippen LogP contribution in [-0.2, 0) is 11.2 Å². The van der Waals surface area contributed by atoms with Gasteiger partial charge >= 0.3 is 0 Å². The second-order valence-corrected chi connectivity index (χ2v) is 5.85. The maximum absolute atomic E-state index is 12.5. The zero-order valence-electron chi connectivity index (χ0n) is 11.6. The second kappa shape index (κ2) is 4.87. The number of carbonyl (C=O) groups excluding carboxylic acids is 1. The third-order valence-electron chi connectivity index (χ3n) is 4.49. The number of hydrogen-bond donors (Lipinski definition) is 0. The van der Waals surface area contributed by atoms with E-state index < -0.39 is 0 Å². The van der Waals surface area contributed by atoms with Gasteiger partial charge in [0.05, 0.1) is 5.92 Å². The molecule has 0 unspecified atom stereocenters. The van der Waals surface area contributed by atoms with E-state index in [4.69, 9.17) is 4.74 Å². The van der Waals surface area contributed by atoms with E-state index in [0.29, 0.717) is 18.6 Å². The normalized spacial score (nSPS) is 23.2. The smallest absolute Gasteiger partial charge is 0.229 e. The first-order valence-corrected chi connectivity index (χ1v) is 7.14. The van der Waals surface area contributed by atoms with Crippen LogP contribution in [0.4, 0.5) is 0 Å². The molecule has 3 heteroatoms. The predicted molar refractivity (Wildman–Crippen MR) is 74.1 cm³/mol. The summed E-state index contributed by atoms with van der Waals surface area (Å²) in [6.45, 7) is 2.67. The van der Waals surface area contributed by atoms with Gasteiger partial charge in [0.25, 0.3) is 0 Å². The summed E-state index contributed by atoms with van der Waals surface area (Å²) in [5.41, 5.74) is 1.15. The maximum atomic E-state index is 12.5. The molecule has 0 N–H and O–H groups in total. The Morgan fingerprint density at radius 1 is 1.37 bits per heavy atom. The lowest BCUT2D eigenvalue weighted by atomic mass is 9.95. The van der Waals surface area contributed by atoms with Crippen LogP contribution in [0, 0.1) is 11.8 Å². The maximum Gasteiger partial charge on any atom is 0.229 e. The van der Waals surface area contributed by atoms with Crippen LogP contribution in [0.3, 0.4) is 0 Å². The molecule has 0 radical (unpaired) electrons. The highest BCUT2D eigenvalue weighted by Crippen LogP contribution is 2.35. The molecule has 3 rings (SSSR count). The van der Waals surface area contributed by atoms with Crippen LogP contribution in [0.1, 0.15) is 25.3 Å². The molecule has 2 atom stereocenters. The molecule has 1 aliphatic carbocycles. The van der Waals surface area contributed by atoms with Gasteiger partial charge < -0.3 is 9.64 Å². The summed E-state index contributed by atoms with van der Waals surface area (Å²) in [7, 11) is 1.94. The third-order valence-corrected chi connectivity index (χ3v) is 4.49. The minimum Gasteiger partial charge on any atom is -0.492 e. The summed E-state index contributed by atoms with van der Waals surface area (Å²) in [4.78, 5) is 14.5. The summed E-state index contributed by atoms with van der Waals surface area (Å²) in [6, 6.07) is 8.38. The summed E-state index contributed by atoms with van der Waals surface area (Å²) < 4.78 is 5.72. The van der Waals surface area contributed by atoms with Crippen molar-refractivity contribution < 1.29 is 9.53 Å². The number of benzene rings is 1. The molecule has 3 nitrogen and oxygen atoms in total. The van der Waals surface area contributed by atoms with Gasteiger partial charge in [-0.15, -0.1) is 0 Å². The van der Waals surface area contributed by atoms with E-state index in [2.05, 4.69) is 13.0 Å². The van der Waals surface area contributed by atoms with Gasteiger partial charge in [-0.2, -0.15) is 0 Å². The molecular formula is C16H21NO2. The van der Waals surface area contributed by atoms with E-state index >= 15 is 0 Å². The molecular weight excluding hydrogens is 238 g/mol. The average Bonchev–Trinajstić information content (AvgIpc) is 3.29. The van der Waals surface area contributed by atoms with Crippen molar-refractivity contribution in [3.05, 3.63) is 29.8 Å². The number of amides is 1. The Labute approximate surface area is 114 Å². The van der Waals surface area contributed by atoms with E-state index in [1.165, 1.54) is 12.8 Å². The van der Waals surface area contributed by atoms with E-state index in [1.807, 2.05) is 30.1 Å². The molecule has 1 aromatic rings. The summed E-state index contributed by atoms with van der Waals surface area (Å²) in [6.07, 6.45) is 3.34. The highest BCUT2D eigenvalue weighted by Gasteiger charge is 2.35. The minimum atomic E-state index is -0.0268. The number of rotatable bonds is 3. The van der Waals surface area contributed by atoms with Gasteiger partial charge in [0, 0.05) is 13.1 Å². The summed E-state index contributed by atoms with van der Waals surface area (Å²) >= 11 is 0. The molecule has 102 valence electrons. The summed E-state index contributed by atoms with van der Waals surface area (Å²) in [5, 5.41) is 0. The van der Waals surface area contributed by atoms with Crippen molar-refractivity contribution in [1.82, 2.24) is 4.90 Å². The highest BCUT2D eigenvalue weighted by molar-refractivity contribution is 5.80. The van der Waals surface area contributed by atoms with Crippen molar-refractivity contribution in [3.63, 3.8) is 0 Å². The van der Waals surface area contributed by atoms with Gasteiger partial charge in [0.2, 0.25) is 5.91 Å². The van der Waals surface area contributed by atoms with Crippen LogP contribution < -0.4 is 4.74 Å². The van der Waals surface area contributed by atoms with Crippen LogP contribution in [0.2, 0.25) is 0 Å². The molecule has 1 amide bonds. The van der Waals surface area contributed by atoms with Gasteiger partial charge in [0.15, 0.2) is 0 Å². The molecule has 1 aromatic carbocycles. The molecule has 0 bridgehead atoms. The van der Waals surface area contributed by atoms with Gasteiger partial charge in [0.1, 0.15) is 12.4 Å². The Balaban J connectivity index is 1.68. The van der Waals surface area contributed by atoms with Gasteiger partial charge in [-0.3, -0.25) is 4.79 Å². The molecule has 0 aromatic heterocycles. The van der Waals surface area contributed by atoms with Gasteiger partial charge in [-0.1, -0.05) is 18.2 Å². The zero-order valence-corrected chi connectivity index (χ0v) is 11.6. The lowest BCUT2D eigenvalue weighted by molar-refractivity contribution is -0.137. The second-order valence-electron chi connectivity index (χ2n) is 5.85. The number of ether oxygens (including phenoxy) is 1. The average molecular weight is 259 g/mol. The van der Waals surface area contributed by atoms with Crippen molar-refractivity contribution in [1.29, 1.82) is 0 Å². The Morgan fingerprint density at radius 2 is 2.11 bits per heavy atom. The Hall–Kier alpha value is -1.51. The van der Waals surface area contributed by atoms with Gasteiger partial charge in [-0.25, -0.2) is 0 Å². The van der Waals surface area contributed by atoms with E-state index in [-0.39, 0.29) is 11.8 Å². The SMILES string of the molecule is C[C@@H](C1CC1)N(C)C(=O)[C@H]1COc2ccccc2C1. The molecule has 2 aliphatic rings. The van der Waals surface area contributed by atoms with E-state index in [9.17, 15) is 4.79 Å². The van der Waals surface area contributed by atoms with Crippen molar-refractivity contribution in [3.8, 4) is 5.75 Å². The first-order valence-electron chi connectivity index (χ1n) is 7.14. The number of hydrogen-bond acceptors (Lipinski definition) is 2. The standard InChI is InChI=1S/C16H21NO2/c1-11(12-7-8-12)17(2)16(18)14-9-13-5-3-4-6-15(13)19-10-14/h3-6,11-12,14H,7-10H2,1-2H3/t11-,14+/m0/s1. The van der Waals surface area contributed by atoms with Gasteiger partial charge in [-0.05, 0) is 43.7 Å². The van der Waals surface area contributed by atoms with Crippen LogP contribution in [0.25, 0.3) is 0 Å². The Kier molecular flexibility index (Phi) is 3.21. The van der Waals surface area contributed by atoms with Crippen molar-refractivity contribution in [2.45, 2.75) is 32.2 Å². The molecule has 1 fully saturated rings. The molecule has 1 saturated carbocycles. The molecule has 0 saturated heterocycles. The Morgan fingerprint density at radius 3 is 2.84 bits per heavy atom. The van der Waals surface area contributed by atoms with Crippen LogP contribution in [0.5, 0.6) is 5.75 Å². The number of fused-ring (bicyclic) bond motifs is 1. The largest absolute Gasteiger partial charge is 0.492 e. The van der Waals surface area contributed by atoms with Crippen molar-refractivity contribution in [2.75, 3.05) is 13.7 Å². The molecule has 19 heavy (non-hydrogen) atoms. The number of nitrogens with zero attached hydrogens (tertiary/aromatic N) is 1. The quantitative estimate of drug-likeness (QED) is 0.834. The molecule has 1 heterocycles. The molecule has 1 aliphatic heterocycles. The van der Waals surface area contributed by atoms with E-state index in [0.717, 1.165) is 17.7 Å². The number of carbonyl (C=O) groups is 1. The van der Waals surface area contributed by atoms with E-state index in [1.54, 1.807) is 0 Å². The first kappa shape index (κ1) is 12.5. The first-order chi connectivity index (χ1) is 9.16. The lowest BCUT2D eigenvalue weighted by Crippen LogP contribution is -2.43. The van der Waals surface area contributed by atoms with Crippen LogP contribution in [0.15, 0.2) is 24.3 Å². The molecule has 0 spiro atoms.